The molecule has 0 fully saturated rings. The van der Waals surface area contributed by atoms with E-state index in [1.54, 1.807) is 14.0 Å². The molecule has 0 amide bonds. The van der Waals surface area contributed by atoms with Crippen LogP contribution in [0.5, 0.6) is 0 Å². The Morgan fingerprint density at radius 3 is 2.74 bits per heavy atom. The fourth-order valence-electron chi connectivity index (χ4n) is 1.82. The second kappa shape index (κ2) is 7.08. The fourth-order valence-corrected chi connectivity index (χ4v) is 1.82. The van der Waals surface area contributed by atoms with Crippen LogP contribution in [0.2, 0.25) is 0 Å². The molecule has 19 heavy (non-hydrogen) atoms. The van der Waals surface area contributed by atoms with Crippen LogP contribution in [0, 0.1) is 17.0 Å². The number of aromatic nitrogens is 2. The Hall–Kier alpha value is -1.63. The number of rotatable bonds is 8. The quantitative estimate of drug-likeness (QED) is 0.445. The van der Waals surface area contributed by atoms with Crippen LogP contribution in [-0.2, 0) is 11.8 Å². The molecule has 0 aromatic carbocycles. The first-order valence-corrected chi connectivity index (χ1v) is 6.47. The molecule has 0 saturated carbocycles. The number of unbranched alkanes of at least 4 members (excludes halogenated alkanes) is 1. The van der Waals surface area contributed by atoms with E-state index in [2.05, 4.69) is 10.4 Å². The zero-order valence-electron chi connectivity index (χ0n) is 12.0. The van der Waals surface area contributed by atoms with Crippen molar-refractivity contribution in [1.82, 2.24) is 9.78 Å². The number of hydrogen-bond acceptors (Lipinski definition) is 5. The Bertz CT molecular complexity index is 429. The SMILES string of the molecule is Cc1nn(C)c(NCCCCOC(C)C)c1[N+](=O)[O-]. The number of ether oxygens (including phenoxy) is 1. The van der Waals surface area contributed by atoms with Crippen LogP contribution in [0.4, 0.5) is 11.5 Å². The first-order chi connectivity index (χ1) is 8.93. The average Bonchev–Trinajstić information content (AvgIpc) is 2.58. The smallest absolute Gasteiger partial charge is 0.333 e. The molecule has 108 valence electrons. The van der Waals surface area contributed by atoms with Crippen molar-refractivity contribution in [1.29, 1.82) is 0 Å². The highest BCUT2D eigenvalue weighted by molar-refractivity contribution is 5.59. The molecule has 7 nitrogen and oxygen atoms in total. The molecule has 0 saturated heterocycles. The van der Waals surface area contributed by atoms with E-state index in [1.807, 2.05) is 13.8 Å². The monoisotopic (exact) mass is 270 g/mol. The summed E-state index contributed by atoms with van der Waals surface area (Å²) in [5.74, 6) is 0.465. The van der Waals surface area contributed by atoms with Gasteiger partial charge in [-0.15, -0.1) is 0 Å². The summed E-state index contributed by atoms with van der Waals surface area (Å²) < 4.78 is 6.94. The minimum Gasteiger partial charge on any atom is -0.379 e. The molecule has 0 unspecified atom stereocenters. The van der Waals surface area contributed by atoms with Crippen LogP contribution < -0.4 is 5.32 Å². The number of hydrogen-bond donors (Lipinski definition) is 1. The summed E-state index contributed by atoms with van der Waals surface area (Å²) in [5.41, 5.74) is 0.485. The molecular formula is C12H22N4O3. The van der Waals surface area contributed by atoms with Crippen molar-refractivity contribution in [3.05, 3.63) is 15.8 Å². The molecule has 0 aliphatic carbocycles. The molecule has 0 aliphatic rings. The predicted octanol–water partition coefficient (Wildman–Crippen LogP) is 2.25. The van der Waals surface area contributed by atoms with Gasteiger partial charge in [0.15, 0.2) is 0 Å². The summed E-state index contributed by atoms with van der Waals surface area (Å²) in [7, 11) is 1.70. The number of anilines is 1. The molecule has 1 aromatic heterocycles. The maximum atomic E-state index is 11.0. The second-order valence-corrected chi connectivity index (χ2v) is 4.72. The van der Waals surface area contributed by atoms with Gasteiger partial charge >= 0.3 is 5.69 Å². The minimum atomic E-state index is -0.396. The van der Waals surface area contributed by atoms with Gasteiger partial charge in [-0.2, -0.15) is 5.10 Å². The van der Waals surface area contributed by atoms with Gasteiger partial charge in [0, 0.05) is 20.2 Å². The second-order valence-electron chi connectivity index (χ2n) is 4.72. The van der Waals surface area contributed by atoms with Gasteiger partial charge in [-0.1, -0.05) is 0 Å². The molecule has 0 aliphatic heterocycles. The zero-order valence-corrected chi connectivity index (χ0v) is 12.0. The Kier molecular flexibility index (Phi) is 5.75. The third-order valence-electron chi connectivity index (χ3n) is 2.69. The summed E-state index contributed by atoms with van der Waals surface area (Å²) in [6, 6.07) is 0. The normalized spacial score (nSPS) is 11.0. The van der Waals surface area contributed by atoms with Crippen molar-refractivity contribution in [3.63, 3.8) is 0 Å². The van der Waals surface area contributed by atoms with Crippen molar-refractivity contribution in [2.24, 2.45) is 7.05 Å². The van der Waals surface area contributed by atoms with E-state index in [0.29, 0.717) is 24.7 Å². The lowest BCUT2D eigenvalue weighted by molar-refractivity contribution is -0.384. The Morgan fingerprint density at radius 1 is 1.47 bits per heavy atom. The van der Waals surface area contributed by atoms with Crippen LogP contribution in [0.1, 0.15) is 32.4 Å². The van der Waals surface area contributed by atoms with E-state index in [-0.39, 0.29) is 11.8 Å². The molecule has 1 N–H and O–H groups in total. The van der Waals surface area contributed by atoms with E-state index < -0.39 is 4.92 Å². The topological polar surface area (TPSA) is 82.2 Å². The summed E-state index contributed by atoms with van der Waals surface area (Å²) in [6.07, 6.45) is 2.07. The van der Waals surface area contributed by atoms with Crippen molar-refractivity contribution in [2.45, 2.75) is 39.7 Å². The van der Waals surface area contributed by atoms with Crippen LogP contribution in [-0.4, -0.2) is 34.0 Å². The van der Waals surface area contributed by atoms with Crippen molar-refractivity contribution in [3.8, 4) is 0 Å². The molecule has 7 heteroatoms. The Morgan fingerprint density at radius 2 is 2.16 bits per heavy atom. The fraction of sp³-hybridized carbons (Fsp3) is 0.750. The van der Waals surface area contributed by atoms with E-state index in [4.69, 9.17) is 4.74 Å². The first-order valence-electron chi connectivity index (χ1n) is 6.47. The van der Waals surface area contributed by atoms with Gasteiger partial charge in [0.05, 0.1) is 11.0 Å². The molecule has 0 spiro atoms. The molecule has 1 rings (SSSR count). The van der Waals surface area contributed by atoms with E-state index in [9.17, 15) is 10.1 Å². The number of nitro groups is 1. The summed E-state index contributed by atoms with van der Waals surface area (Å²) >= 11 is 0. The van der Waals surface area contributed by atoms with Gasteiger partial charge in [0.25, 0.3) is 0 Å². The summed E-state index contributed by atoms with van der Waals surface area (Å²) in [4.78, 5) is 10.6. The van der Waals surface area contributed by atoms with Crippen LogP contribution in [0.15, 0.2) is 0 Å². The van der Waals surface area contributed by atoms with Crippen LogP contribution >= 0.6 is 0 Å². The molecule has 1 aromatic rings. The third kappa shape index (κ3) is 4.51. The van der Waals surface area contributed by atoms with Gasteiger partial charge in [0.1, 0.15) is 5.69 Å². The first kappa shape index (κ1) is 15.4. The number of nitrogens with zero attached hydrogens (tertiary/aromatic N) is 3. The van der Waals surface area contributed by atoms with Gasteiger partial charge in [-0.25, -0.2) is 4.68 Å². The molecular weight excluding hydrogens is 248 g/mol. The predicted molar refractivity (Wildman–Crippen MR) is 73.4 cm³/mol. The van der Waals surface area contributed by atoms with Crippen molar-refractivity contribution >= 4 is 11.5 Å². The van der Waals surface area contributed by atoms with Gasteiger partial charge in [-0.05, 0) is 33.6 Å². The lowest BCUT2D eigenvalue weighted by Gasteiger charge is -2.08. The van der Waals surface area contributed by atoms with Crippen molar-refractivity contribution in [2.75, 3.05) is 18.5 Å². The lowest BCUT2D eigenvalue weighted by atomic mass is 10.3. The minimum absolute atomic E-state index is 0.0564. The summed E-state index contributed by atoms with van der Waals surface area (Å²) in [6.45, 7) is 7.02. The average molecular weight is 270 g/mol. The van der Waals surface area contributed by atoms with Crippen molar-refractivity contribution < 1.29 is 9.66 Å². The van der Waals surface area contributed by atoms with Gasteiger partial charge in [0.2, 0.25) is 5.82 Å². The highest BCUT2D eigenvalue weighted by Gasteiger charge is 2.23. The zero-order chi connectivity index (χ0) is 14.4. The molecule has 0 radical (unpaired) electrons. The Balaban J connectivity index is 2.43. The molecule has 1 heterocycles. The number of aryl methyl sites for hydroxylation is 2. The highest BCUT2D eigenvalue weighted by Crippen LogP contribution is 2.27. The molecule has 0 bridgehead atoms. The third-order valence-corrected chi connectivity index (χ3v) is 2.69. The summed E-state index contributed by atoms with van der Waals surface area (Å²) in [5, 5.41) is 18.1. The lowest BCUT2D eigenvalue weighted by Crippen LogP contribution is -2.10. The van der Waals surface area contributed by atoms with Crippen LogP contribution in [0.3, 0.4) is 0 Å². The number of nitrogens with one attached hydrogen (secondary N) is 1. The van der Waals surface area contributed by atoms with Crippen LogP contribution in [0.25, 0.3) is 0 Å². The highest BCUT2D eigenvalue weighted by atomic mass is 16.6. The molecule has 0 atom stereocenters. The van der Waals surface area contributed by atoms with Gasteiger partial charge < -0.3 is 10.1 Å². The van der Waals surface area contributed by atoms with Gasteiger partial charge in [-0.3, -0.25) is 10.1 Å². The maximum absolute atomic E-state index is 11.0. The standard InChI is InChI=1S/C12H22N4O3/c1-9(2)19-8-6-5-7-13-12-11(16(17)18)10(3)14-15(12)4/h9,13H,5-8H2,1-4H3. The van der Waals surface area contributed by atoms with E-state index in [1.165, 1.54) is 4.68 Å². The van der Waals surface area contributed by atoms with E-state index >= 15 is 0 Å². The Labute approximate surface area is 113 Å². The maximum Gasteiger partial charge on any atom is 0.333 e. The van der Waals surface area contributed by atoms with E-state index in [0.717, 1.165) is 12.8 Å². The largest absolute Gasteiger partial charge is 0.379 e.